The number of amides is 1. The van der Waals surface area contributed by atoms with Gasteiger partial charge < -0.3 is 5.32 Å². The molecule has 20 heavy (non-hydrogen) atoms. The zero-order valence-electron chi connectivity index (χ0n) is 11.1. The maximum atomic E-state index is 12.7. The summed E-state index contributed by atoms with van der Waals surface area (Å²) in [5.74, 6) is -0.126. The monoisotopic (exact) mass is 299 g/mol. The number of hydrogen-bond acceptors (Lipinski definition) is 3. The topological polar surface area (TPSA) is 63.2 Å². The largest absolute Gasteiger partial charge is 0.356 e. The van der Waals surface area contributed by atoms with Crippen molar-refractivity contribution in [2.75, 3.05) is 18.1 Å². The highest BCUT2D eigenvalue weighted by atomic mass is 32.2. The molecule has 4 nitrogen and oxygen atoms in total. The van der Waals surface area contributed by atoms with Gasteiger partial charge in [0.1, 0.15) is 5.82 Å². The average molecular weight is 299 g/mol. The van der Waals surface area contributed by atoms with Gasteiger partial charge in [0.25, 0.3) is 0 Å². The maximum Gasteiger partial charge on any atom is 0.220 e. The number of benzene rings is 1. The van der Waals surface area contributed by atoms with E-state index < -0.39 is 9.84 Å². The van der Waals surface area contributed by atoms with Gasteiger partial charge in [-0.1, -0.05) is 12.1 Å². The molecule has 0 spiro atoms. The van der Waals surface area contributed by atoms with E-state index in [1.807, 2.05) is 0 Å². The van der Waals surface area contributed by atoms with Crippen LogP contribution in [0.1, 0.15) is 18.4 Å². The summed E-state index contributed by atoms with van der Waals surface area (Å²) in [5.41, 5.74) is 0.954. The van der Waals surface area contributed by atoms with Crippen LogP contribution in [0.4, 0.5) is 4.39 Å². The average Bonchev–Trinajstić information content (AvgIpc) is 2.71. The molecule has 0 saturated carbocycles. The molecule has 1 aliphatic rings. The molecule has 1 fully saturated rings. The van der Waals surface area contributed by atoms with Crippen LogP contribution < -0.4 is 5.32 Å². The van der Waals surface area contributed by atoms with Crippen molar-refractivity contribution < 1.29 is 17.6 Å². The first kappa shape index (κ1) is 15.0. The zero-order valence-corrected chi connectivity index (χ0v) is 12.0. The molecule has 1 heterocycles. The summed E-state index contributed by atoms with van der Waals surface area (Å²) >= 11 is 0. The molecule has 1 aliphatic heterocycles. The SMILES string of the molecule is O=C(C[C@@H]1CCS(=O)(=O)C1)NCCc1ccc(F)cc1. The number of halogens is 1. The maximum absolute atomic E-state index is 12.7. The van der Waals surface area contributed by atoms with Gasteiger partial charge in [-0.25, -0.2) is 12.8 Å². The Bertz CT molecular complexity index is 569. The predicted molar refractivity (Wildman–Crippen MR) is 74.5 cm³/mol. The van der Waals surface area contributed by atoms with Gasteiger partial charge in [-0.15, -0.1) is 0 Å². The van der Waals surface area contributed by atoms with Gasteiger partial charge in [0.2, 0.25) is 5.91 Å². The lowest BCUT2D eigenvalue weighted by Crippen LogP contribution is -2.27. The number of sulfone groups is 1. The van der Waals surface area contributed by atoms with Crippen molar-refractivity contribution in [3.63, 3.8) is 0 Å². The fourth-order valence-corrected chi connectivity index (χ4v) is 4.23. The summed E-state index contributed by atoms with van der Waals surface area (Å²) in [5, 5.41) is 2.77. The van der Waals surface area contributed by atoms with E-state index in [-0.39, 0.29) is 35.6 Å². The molecule has 6 heteroatoms. The van der Waals surface area contributed by atoms with Gasteiger partial charge in [-0.2, -0.15) is 0 Å². The summed E-state index contributed by atoms with van der Waals surface area (Å²) in [6, 6.07) is 6.15. The van der Waals surface area contributed by atoms with Crippen LogP contribution in [0, 0.1) is 11.7 Å². The van der Waals surface area contributed by atoms with Gasteiger partial charge in [-0.05, 0) is 36.5 Å². The van der Waals surface area contributed by atoms with E-state index in [4.69, 9.17) is 0 Å². The molecule has 1 aromatic carbocycles. The molecule has 1 N–H and O–H groups in total. The number of carbonyl (C=O) groups excluding carboxylic acids is 1. The van der Waals surface area contributed by atoms with Crippen LogP contribution in [0.5, 0.6) is 0 Å². The van der Waals surface area contributed by atoms with Crippen molar-refractivity contribution in [1.82, 2.24) is 5.32 Å². The van der Waals surface area contributed by atoms with E-state index in [9.17, 15) is 17.6 Å². The molecule has 0 unspecified atom stereocenters. The summed E-state index contributed by atoms with van der Waals surface area (Å²) < 4.78 is 35.3. The highest BCUT2D eigenvalue weighted by Gasteiger charge is 2.29. The Morgan fingerprint density at radius 1 is 1.30 bits per heavy atom. The first-order chi connectivity index (χ1) is 9.44. The van der Waals surface area contributed by atoms with Crippen LogP contribution in [-0.4, -0.2) is 32.4 Å². The third-order valence-electron chi connectivity index (χ3n) is 3.45. The van der Waals surface area contributed by atoms with Crippen LogP contribution >= 0.6 is 0 Å². The van der Waals surface area contributed by atoms with E-state index in [1.165, 1.54) is 12.1 Å². The smallest absolute Gasteiger partial charge is 0.220 e. The second kappa shape index (κ2) is 6.35. The molecule has 1 aromatic rings. The lowest BCUT2D eigenvalue weighted by Gasteiger charge is -2.08. The van der Waals surface area contributed by atoms with Crippen molar-refractivity contribution >= 4 is 15.7 Å². The molecule has 2 rings (SSSR count). The summed E-state index contributed by atoms with van der Waals surface area (Å²) in [4.78, 5) is 11.7. The predicted octanol–water partition coefficient (Wildman–Crippen LogP) is 1.31. The summed E-state index contributed by atoms with van der Waals surface area (Å²) in [6.07, 6.45) is 1.48. The molecule has 1 saturated heterocycles. The normalized spacial score (nSPS) is 20.8. The quantitative estimate of drug-likeness (QED) is 0.891. The highest BCUT2D eigenvalue weighted by molar-refractivity contribution is 7.91. The van der Waals surface area contributed by atoms with Crippen LogP contribution in [0.2, 0.25) is 0 Å². The molecule has 0 bridgehead atoms. The number of rotatable bonds is 5. The Kier molecular flexibility index (Phi) is 4.75. The molecule has 1 atom stereocenters. The molecular formula is C14H18FNO3S. The Morgan fingerprint density at radius 3 is 2.60 bits per heavy atom. The van der Waals surface area contributed by atoms with Gasteiger partial charge in [0, 0.05) is 13.0 Å². The molecule has 110 valence electrons. The lowest BCUT2D eigenvalue weighted by molar-refractivity contribution is -0.121. The van der Waals surface area contributed by atoms with Crippen LogP contribution in [0.3, 0.4) is 0 Å². The van der Waals surface area contributed by atoms with E-state index in [2.05, 4.69) is 5.32 Å². The second-order valence-electron chi connectivity index (χ2n) is 5.20. The van der Waals surface area contributed by atoms with E-state index in [0.29, 0.717) is 19.4 Å². The van der Waals surface area contributed by atoms with E-state index in [0.717, 1.165) is 5.56 Å². The van der Waals surface area contributed by atoms with E-state index >= 15 is 0 Å². The minimum absolute atomic E-state index is 0.0502. The Morgan fingerprint density at radius 2 is 2.00 bits per heavy atom. The van der Waals surface area contributed by atoms with Crippen molar-refractivity contribution in [1.29, 1.82) is 0 Å². The van der Waals surface area contributed by atoms with Crippen molar-refractivity contribution in [2.24, 2.45) is 5.92 Å². The van der Waals surface area contributed by atoms with Gasteiger partial charge in [0.05, 0.1) is 11.5 Å². The van der Waals surface area contributed by atoms with Crippen molar-refractivity contribution in [2.45, 2.75) is 19.3 Å². The fourth-order valence-electron chi connectivity index (χ4n) is 2.36. The fraction of sp³-hybridized carbons (Fsp3) is 0.500. The highest BCUT2D eigenvalue weighted by Crippen LogP contribution is 2.21. The first-order valence-electron chi connectivity index (χ1n) is 6.66. The van der Waals surface area contributed by atoms with Gasteiger partial charge >= 0.3 is 0 Å². The molecule has 0 aromatic heterocycles. The van der Waals surface area contributed by atoms with Crippen LogP contribution in [0.15, 0.2) is 24.3 Å². The Labute approximate surface area is 118 Å². The number of hydrogen-bond donors (Lipinski definition) is 1. The lowest BCUT2D eigenvalue weighted by atomic mass is 10.0. The first-order valence-corrected chi connectivity index (χ1v) is 8.48. The van der Waals surface area contributed by atoms with Crippen LogP contribution in [0.25, 0.3) is 0 Å². The van der Waals surface area contributed by atoms with Gasteiger partial charge in [0.15, 0.2) is 9.84 Å². The third-order valence-corrected chi connectivity index (χ3v) is 5.29. The minimum Gasteiger partial charge on any atom is -0.356 e. The summed E-state index contributed by atoms with van der Waals surface area (Å²) in [7, 11) is -2.92. The minimum atomic E-state index is -2.92. The number of nitrogens with one attached hydrogen (secondary N) is 1. The molecular weight excluding hydrogens is 281 g/mol. The van der Waals surface area contributed by atoms with Crippen molar-refractivity contribution in [3.8, 4) is 0 Å². The third kappa shape index (κ3) is 4.59. The molecule has 0 radical (unpaired) electrons. The van der Waals surface area contributed by atoms with Crippen molar-refractivity contribution in [3.05, 3.63) is 35.6 Å². The molecule has 0 aliphatic carbocycles. The Balaban J connectivity index is 1.69. The number of carbonyl (C=O) groups is 1. The second-order valence-corrected chi connectivity index (χ2v) is 7.43. The zero-order chi connectivity index (χ0) is 14.6. The standard InChI is InChI=1S/C14H18FNO3S/c15-13-3-1-11(2-4-13)5-7-16-14(17)9-12-6-8-20(18,19)10-12/h1-4,12H,5-10H2,(H,16,17)/t12-/m0/s1. The van der Waals surface area contributed by atoms with E-state index in [1.54, 1.807) is 12.1 Å². The van der Waals surface area contributed by atoms with Gasteiger partial charge in [-0.3, -0.25) is 4.79 Å². The van der Waals surface area contributed by atoms with Crippen LogP contribution in [-0.2, 0) is 21.1 Å². The molecule has 1 amide bonds. The Hall–Kier alpha value is -1.43. The summed E-state index contributed by atoms with van der Waals surface area (Å²) in [6.45, 7) is 0.476.